The van der Waals surface area contributed by atoms with Crippen molar-refractivity contribution in [2.75, 3.05) is 14.7 Å². The van der Waals surface area contributed by atoms with Crippen LogP contribution in [0.1, 0.15) is 15.3 Å². The summed E-state index contributed by atoms with van der Waals surface area (Å²) in [6.07, 6.45) is 5.65. The summed E-state index contributed by atoms with van der Waals surface area (Å²) >= 11 is 3.12. The maximum Gasteiger partial charge on any atom is 0.346 e. The molecular weight excluding hydrogens is 969 g/mol. The maximum absolute atomic E-state index is 11.4. The van der Waals surface area contributed by atoms with Gasteiger partial charge >= 0.3 is 5.97 Å². The van der Waals surface area contributed by atoms with Gasteiger partial charge < -0.3 is 19.8 Å². The minimum absolute atomic E-state index is 0.283. The molecule has 0 atom stereocenters. The second-order valence-corrected chi connectivity index (χ2v) is 20.1. The summed E-state index contributed by atoms with van der Waals surface area (Å²) in [4.78, 5) is 22.1. The van der Waals surface area contributed by atoms with Crippen LogP contribution in [-0.2, 0) is 4.79 Å². The number of carboxylic acid groups (broad SMARTS) is 1. The number of anilines is 9. The van der Waals surface area contributed by atoms with Crippen LogP contribution in [0.15, 0.2) is 272 Å². The number of nitrogens with zero attached hydrogens (tertiary/aromatic N) is 4. The Bertz CT molecular complexity index is 3560. The molecule has 0 amide bonds. The molecule has 0 saturated heterocycles. The lowest BCUT2D eigenvalue weighted by Crippen LogP contribution is -2.10. The Balaban J connectivity index is 0.868. The third-order valence-electron chi connectivity index (χ3n) is 13.0. The van der Waals surface area contributed by atoms with Crippen LogP contribution in [0, 0.1) is 11.3 Å². The Kier molecular flexibility index (Phi) is 14.4. The first-order valence-corrected chi connectivity index (χ1v) is 26.4. The molecule has 0 unspecified atom stereocenters. The Morgan fingerprint density at radius 2 is 0.645 bits per heavy atom. The minimum Gasteiger partial charge on any atom is -0.477 e. The Morgan fingerprint density at radius 1 is 0.355 bits per heavy atom. The van der Waals surface area contributed by atoms with Gasteiger partial charge in [-0.15, -0.1) is 22.7 Å². The normalized spacial score (nSPS) is 11.3. The lowest BCUT2D eigenvalue weighted by molar-refractivity contribution is -0.132. The van der Waals surface area contributed by atoms with Crippen molar-refractivity contribution in [2.45, 2.75) is 0 Å². The molecule has 0 aliphatic heterocycles. The Morgan fingerprint density at radius 3 is 0.961 bits per heavy atom. The molecule has 364 valence electrons. The highest BCUT2D eigenvalue weighted by atomic mass is 32.1. The summed E-state index contributed by atoms with van der Waals surface area (Å²) in [5.74, 6) is -1.23. The summed E-state index contributed by atoms with van der Waals surface area (Å²) in [5, 5.41) is 18.5. The van der Waals surface area contributed by atoms with Crippen LogP contribution in [0.4, 0.5) is 51.2 Å². The van der Waals surface area contributed by atoms with Crippen molar-refractivity contribution in [2.24, 2.45) is 0 Å². The predicted molar refractivity (Wildman–Crippen MR) is 319 cm³/mol. The standard InChI is InChI=1S/C68H48N4O2S2/c69-48-54(68(73)74)47-65-44-46-67(76-65)66-45-43-64(75-66)42-23-49-21-32-59(33-22-49)72(62-38-28-52(29-39-62)50-24-34-60(35-25-50)70(55-13-5-1-6-14-55)56-15-7-2-8-16-56)63-40-30-53(31-41-63)51-26-36-61(37-27-51)71(57-17-9-3-10-18-57)58-19-11-4-12-20-58/h1-47H,(H,73,74)/b42-23+,54-47+. The van der Waals surface area contributed by atoms with E-state index in [1.54, 1.807) is 17.4 Å². The van der Waals surface area contributed by atoms with Crippen molar-refractivity contribution in [3.63, 3.8) is 0 Å². The van der Waals surface area contributed by atoms with Crippen LogP contribution in [0.25, 0.3) is 50.2 Å². The van der Waals surface area contributed by atoms with E-state index in [1.807, 2.05) is 36.4 Å². The molecule has 8 heteroatoms. The number of carboxylic acids is 1. The predicted octanol–water partition coefficient (Wildman–Crippen LogP) is 19.4. The first kappa shape index (κ1) is 48.5. The van der Waals surface area contributed by atoms with Gasteiger partial charge in [0, 0.05) is 70.7 Å². The van der Waals surface area contributed by atoms with Crippen molar-refractivity contribution in [1.82, 2.24) is 0 Å². The summed E-state index contributed by atoms with van der Waals surface area (Å²) in [5.41, 5.74) is 15.0. The van der Waals surface area contributed by atoms with Gasteiger partial charge in [0.25, 0.3) is 0 Å². The summed E-state index contributed by atoms with van der Waals surface area (Å²) < 4.78 is 0. The molecule has 2 heterocycles. The van der Waals surface area contributed by atoms with Crippen molar-refractivity contribution in [3.8, 4) is 38.1 Å². The highest BCUT2D eigenvalue weighted by molar-refractivity contribution is 7.23. The fraction of sp³-hybridized carbons (Fsp3) is 0. The number of hydrogen-bond acceptors (Lipinski definition) is 7. The zero-order valence-corrected chi connectivity index (χ0v) is 42.7. The smallest absolute Gasteiger partial charge is 0.346 e. The van der Waals surface area contributed by atoms with Crippen molar-refractivity contribution in [3.05, 3.63) is 288 Å². The van der Waals surface area contributed by atoms with E-state index in [-0.39, 0.29) is 5.57 Å². The quantitative estimate of drug-likeness (QED) is 0.0768. The van der Waals surface area contributed by atoms with E-state index in [9.17, 15) is 15.2 Å². The van der Waals surface area contributed by atoms with Crippen LogP contribution in [0.5, 0.6) is 0 Å². The number of carbonyl (C=O) groups is 1. The third-order valence-corrected chi connectivity index (χ3v) is 15.2. The number of nitriles is 1. The van der Waals surface area contributed by atoms with Gasteiger partial charge in [-0.2, -0.15) is 5.26 Å². The molecule has 0 spiro atoms. The number of aliphatic carboxylic acids is 1. The average molecular weight is 1020 g/mol. The second-order valence-electron chi connectivity index (χ2n) is 17.8. The molecule has 0 aliphatic rings. The molecule has 11 rings (SSSR count). The van der Waals surface area contributed by atoms with Crippen molar-refractivity contribution < 1.29 is 9.90 Å². The number of hydrogen-bond donors (Lipinski definition) is 1. The SMILES string of the molecule is N#C/C(=C\c1ccc(-c2ccc(/C=C/c3ccc(N(c4ccc(-c5ccc(N(c6ccccc6)c6ccccc6)cc5)cc4)c4ccc(-c5ccc(N(c6ccccc6)c6ccccc6)cc5)cc4)cc3)s2)s1)C(=O)O. The largest absolute Gasteiger partial charge is 0.477 e. The van der Waals surface area contributed by atoms with E-state index in [0.717, 1.165) is 98.5 Å². The highest BCUT2D eigenvalue weighted by Crippen LogP contribution is 2.41. The number of rotatable bonds is 16. The number of thiophene rings is 2. The summed E-state index contributed by atoms with van der Waals surface area (Å²) in [7, 11) is 0. The van der Waals surface area contributed by atoms with Gasteiger partial charge in [-0.05, 0) is 173 Å². The first-order valence-electron chi connectivity index (χ1n) is 24.8. The molecule has 9 aromatic carbocycles. The van der Waals surface area contributed by atoms with Gasteiger partial charge in [-0.25, -0.2) is 4.79 Å². The van der Waals surface area contributed by atoms with Crippen LogP contribution in [0.2, 0.25) is 0 Å². The lowest BCUT2D eigenvalue weighted by Gasteiger charge is -2.26. The van der Waals surface area contributed by atoms with E-state index in [2.05, 4.69) is 257 Å². The topological polar surface area (TPSA) is 70.8 Å². The van der Waals surface area contributed by atoms with E-state index in [4.69, 9.17) is 0 Å². The lowest BCUT2D eigenvalue weighted by atomic mass is 10.0. The van der Waals surface area contributed by atoms with Gasteiger partial charge in [0.15, 0.2) is 0 Å². The van der Waals surface area contributed by atoms with Gasteiger partial charge in [-0.1, -0.05) is 140 Å². The zero-order valence-electron chi connectivity index (χ0n) is 41.1. The molecule has 1 N–H and O–H groups in total. The third kappa shape index (κ3) is 10.9. The van der Waals surface area contributed by atoms with Crippen LogP contribution in [0.3, 0.4) is 0 Å². The molecule has 6 nitrogen and oxygen atoms in total. The van der Waals surface area contributed by atoms with Gasteiger partial charge in [0.1, 0.15) is 11.6 Å². The molecule has 11 aromatic rings. The molecule has 0 fully saturated rings. The second kappa shape index (κ2) is 22.5. The van der Waals surface area contributed by atoms with E-state index in [1.165, 1.54) is 17.4 Å². The molecule has 76 heavy (non-hydrogen) atoms. The van der Waals surface area contributed by atoms with Gasteiger partial charge in [0.2, 0.25) is 0 Å². The van der Waals surface area contributed by atoms with E-state index < -0.39 is 5.97 Å². The fourth-order valence-corrected chi connectivity index (χ4v) is 11.1. The first-order chi connectivity index (χ1) is 37.4. The van der Waals surface area contributed by atoms with Crippen molar-refractivity contribution in [1.29, 1.82) is 5.26 Å². The monoisotopic (exact) mass is 1020 g/mol. The zero-order chi connectivity index (χ0) is 51.6. The molecule has 2 aromatic heterocycles. The molecular formula is C68H48N4O2S2. The molecule has 0 saturated carbocycles. The van der Waals surface area contributed by atoms with Crippen LogP contribution in [-0.4, -0.2) is 11.1 Å². The Hall–Kier alpha value is -9.78. The minimum atomic E-state index is -1.23. The van der Waals surface area contributed by atoms with Crippen LogP contribution >= 0.6 is 22.7 Å². The van der Waals surface area contributed by atoms with Gasteiger partial charge in [0.05, 0.1) is 0 Å². The van der Waals surface area contributed by atoms with Crippen LogP contribution < -0.4 is 14.7 Å². The molecule has 0 radical (unpaired) electrons. The van der Waals surface area contributed by atoms with E-state index in [0.29, 0.717) is 0 Å². The Labute approximate surface area is 451 Å². The van der Waals surface area contributed by atoms with E-state index >= 15 is 0 Å². The molecule has 0 aliphatic carbocycles. The highest BCUT2D eigenvalue weighted by Gasteiger charge is 2.17. The van der Waals surface area contributed by atoms with Crippen molar-refractivity contribution >= 4 is 98.1 Å². The summed E-state index contributed by atoms with van der Waals surface area (Å²) in [6, 6.07) is 95.4. The average Bonchev–Trinajstić information content (AvgIpc) is 4.17. The number of para-hydroxylation sites is 4. The summed E-state index contributed by atoms with van der Waals surface area (Å²) in [6.45, 7) is 0. The molecule has 0 bridgehead atoms. The van der Waals surface area contributed by atoms with Gasteiger partial charge in [-0.3, -0.25) is 0 Å². The maximum atomic E-state index is 11.4. The fourth-order valence-electron chi connectivity index (χ4n) is 9.20. The number of benzene rings is 9.